The summed E-state index contributed by atoms with van der Waals surface area (Å²) < 4.78 is 0. The number of thiazole rings is 1. The molecule has 2 atom stereocenters. The van der Waals surface area contributed by atoms with E-state index in [0.717, 1.165) is 17.8 Å². The molecule has 1 saturated carbocycles. The zero-order valence-corrected chi connectivity index (χ0v) is 11.6. The van der Waals surface area contributed by atoms with Gasteiger partial charge in [-0.2, -0.15) is 0 Å². The predicted molar refractivity (Wildman–Crippen MR) is 73.5 cm³/mol. The molecule has 0 bridgehead atoms. The third-order valence-electron chi connectivity index (χ3n) is 3.71. The monoisotopic (exact) mass is 267 g/mol. The van der Waals surface area contributed by atoms with Gasteiger partial charge >= 0.3 is 0 Å². The van der Waals surface area contributed by atoms with Gasteiger partial charge in [-0.15, -0.1) is 11.3 Å². The number of nitrogens with one attached hydrogen (secondary N) is 1. The molecule has 4 nitrogen and oxygen atoms in total. The van der Waals surface area contributed by atoms with Gasteiger partial charge in [-0.05, 0) is 18.8 Å². The highest BCUT2D eigenvalue weighted by atomic mass is 32.1. The van der Waals surface area contributed by atoms with Crippen molar-refractivity contribution in [3.63, 3.8) is 0 Å². The van der Waals surface area contributed by atoms with Gasteiger partial charge in [0.2, 0.25) is 0 Å². The molecule has 1 amide bonds. The number of hydrogen-bond acceptors (Lipinski definition) is 4. The molecule has 0 aromatic carbocycles. The van der Waals surface area contributed by atoms with Crippen molar-refractivity contribution in [3.8, 4) is 0 Å². The Bertz CT molecular complexity index is 405. The zero-order chi connectivity index (χ0) is 13.0. The van der Waals surface area contributed by atoms with Crippen LogP contribution in [-0.2, 0) is 6.54 Å². The minimum atomic E-state index is -0.0451. The van der Waals surface area contributed by atoms with Gasteiger partial charge in [0.25, 0.3) is 5.91 Å². The van der Waals surface area contributed by atoms with Gasteiger partial charge in [0.1, 0.15) is 10.7 Å². The van der Waals surface area contributed by atoms with Crippen LogP contribution in [0.25, 0.3) is 0 Å². The summed E-state index contributed by atoms with van der Waals surface area (Å²) in [6.07, 6.45) is 5.96. The lowest BCUT2D eigenvalue weighted by Crippen LogP contribution is -2.42. The first kappa shape index (κ1) is 13.5. The third-order valence-corrected chi connectivity index (χ3v) is 4.58. The smallest absolute Gasteiger partial charge is 0.270 e. The van der Waals surface area contributed by atoms with E-state index in [9.17, 15) is 4.79 Å². The summed E-state index contributed by atoms with van der Waals surface area (Å²) in [5.74, 6) is 0.576. The van der Waals surface area contributed by atoms with E-state index in [0.29, 0.717) is 24.2 Å². The van der Waals surface area contributed by atoms with Crippen molar-refractivity contribution in [2.45, 2.75) is 51.6 Å². The molecule has 18 heavy (non-hydrogen) atoms. The number of rotatable bonds is 4. The summed E-state index contributed by atoms with van der Waals surface area (Å²) in [5.41, 5.74) is 6.02. The normalized spacial score (nSPS) is 23.9. The summed E-state index contributed by atoms with van der Waals surface area (Å²) in [6, 6.07) is 0.319. The lowest BCUT2D eigenvalue weighted by molar-refractivity contribution is 0.0900. The molecule has 5 heteroatoms. The molecule has 2 rings (SSSR count). The number of carbonyl (C=O) groups is 1. The van der Waals surface area contributed by atoms with E-state index in [1.165, 1.54) is 30.6 Å². The number of amides is 1. The van der Waals surface area contributed by atoms with E-state index in [4.69, 9.17) is 5.73 Å². The molecule has 2 unspecified atom stereocenters. The number of hydrogen-bond donors (Lipinski definition) is 2. The number of aromatic nitrogens is 1. The second kappa shape index (κ2) is 6.29. The Balaban J connectivity index is 1.97. The Morgan fingerprint density at radius 3 is 3.00 bits per heavy atom. The molecule has 1 aliphatic carbocycles. The highest BCUT2D eigenvalue weighted by Crippen LogP contribution is 2.27. The van der Waals surface area contributed by atoms with Gasteiger partial charge in [-0.1, -0.05) is 26.2 Å². The molecule has 1 aliphatic rings. The van der Waals surface area contributed by atoms with Gasteiger partial charge in [-0.25, -0.2) is 4.98 Å². The van der Waals surface area contributed by atoms with Crippen LogP contribution >= 0.6 is 11.3 Å². The van der Waals surface area contributed by atoms with Crippen LogP contribution in [0.3, 0.4) is 0 Å². The van der Waals surface area contributed by atoms with Crippen LogP contribution in [0.15, 0.2) is 5.38 Å². The van der Waals surface area contributed by atoms with Crippen molar-refractivity contribution in [1.29, 1.82) is 0 Å². The summed E-state index contributed by atoms with van der Waals surface area (Å²) in [6.45, 7) is 2.60. The molecule has 1 fully saturated rings. The molecule has 1 heterocycles. The molecule has 1 aromatic rings. The average Bonchev–Trinajstić information content (AvgIpc) is 2.88. The number of nitrogens with two attached hydrogens (primary N) is 1. The lowest BCUT2D eigenvalue weighted by Gasteiger charge is -2.31. The zero-order valence-electron chi connectivity index (χ0n) is 10.8. The summed E-state index contributed by atoms with van der Waals surface area (Å²) in [4.78, 5) is 16.3. The van der Waals surface area contributed by atoms with E-state index < -0.39 is 0 Å². The third kappa shape index (κ3) is 3.09. The molecule has 0 radical (unpaired) electrons. The summed E-state index contributed by atoms with van der Waals surface area (Å²) in [5, 5.41) is 5.75. The topological polar surface area (TPSA) is 68.0 Å². The summed E-state index contributed by atoms with van der Waals surface area (Å²) in [7, 11) is 0. The molecule has 0 aliphatic heterocycles. The van der Waals surface area contributed by atoms with Crippen molar-refractivity contribution in [3.05, 3.63) is 16.1 Å². The molecule has 1 aromatic heterocycles. The fourth-order valence-electron chi connectivity index (χ4n) is 2.64. The van der Waals surface area contributed by atoms with Crippen molar-refractivity contribution in [1.82, 2.24) is 10.3 Å². The molecular weight excluding hydrogens is 246 g/mol. The quantitative estimate of drug-likeness (QED) is 0.879. The minimum absolute atomic E-state index is 0.0451. The van der Waals surface area contributed by atoms with Gasteiger partial charge in [0.05, 0.1) is 0 Å². The van der Waals surface area contributed by atoms with E-state index >= 15 is 0 Å². The number of nitrogens with zero attached hydrogens (tertiary/aromatic N) is 1. The Hall–Kier alpha value is -0.940. The van der Waals surface area contributed by atoms with E-state index in [1.807, 2.05) is 0 Å². The van der Waals surface area contributed by atoms with Crippen molar-refractivity contribution in [2.75, 3.05) is 0 Å². The fraction of sp³-hybridized carbons (Fsp3) is 0.692. The number of carbonyl (C=O) groups excluding carboxylic acids is 1. The van der Waals surface area contributed by atoms with Crippen LogP contribution in [0, 0.1) is 5.92 Å². The van der Waals surface area contributed by atoms with Crippen LogP contribution < -0.4 is 11.1 Å². The standard InChI is InChI=1S/C13H21N3OS/c1-2-9-5-3-4-6-10(9)16-13(17)11-8-18-12(7-14)15-11/h8-10H,2-7,14H2,1H3,(H,16,17). The van der Waals surface area contributed by atoms with E-state index in [1.54, 1.807) is 5.38 Å². The van der Waals surface area contributed by atoms with Gasteiger partial charge in [0.15, 0.2) is 0 Å². The van der Waals surface area contributed by atoms with Crippen LogP contribution in [0.2, 0.25) is 0 Å². The van der Waals surface area contributed by atoms with Gasteiger partial charge in [0, 0.05) is 18.0 Å². The fourth-order valence-corrected chi connectivity index (χ4v) is 3.29. The van der Waals surface area contributed by atoms with Crippen molar-refractivity contribution in [2.24, 2.45) is 11.7 Å². The van der Waals surface area contributed by atoms with E-state index in [-0.39, 0.29) is 5.91 Å². The minimum Gasteiger partial charge on any atom is -0.348 e. The Morgan fingerprint density at radius 2 is 2.33 bits per heavy atom. The highest BCUT2D eigenvalue weighted by Gasteiger charge is 2.25. The Kier molecular flexibility index (Phi) is 4.72. The highest BCUT2D eigenvalue weighted by molar-refractivity contribution is 7.09. The van der Waals surface area contributed by atoms with Crippen LogP contribution in [0.1, 0.15) is 54.5 Å². The van der Waals surface area contributed by atoms with Crippen LogP contribution in [-0.4, -0.2) is 16.9 Å². The summed E-state index contributed by atoms with van der Waals surface area (Å²) >= 11 is 1.45. The first-order chi connectivity index (χ1) is 8.74. The van der Waals surface area contributed by atoms with Crippen molar-refractivity contribution >= 4 is 17.2 Å². The molecule has 3 N–H and O–H groups in total. The van der Waals surface area contributed by atoms with Crippen LogP contribution in [0.5, 0.6) is 0 Å². The maximum atomic E-state index is 12.1. The molecule has 0 saturated heterocycles. The predicted octanol–water partition coefficient (Wildman–Crippen LogP) is 2.30. The molecular formula is C13H21N3OS. The maximum absolute atomic E-state index is 12.1. The van der Waals surface area contributed by atoms with Crippen molar-refractivity contribution < 1.29 is 4.79 Å². The Morgan fingerprint density at radius 1 is 1.56 bits per heavy atom. The first-order valence-corrected chi connectivity index (χ1v) is 7.58. The first-order valence-electron chi connectivity index (χ1n) is 6.70. The van der Waals surface area contributed by atoms with Gasteiger partial charge in [-0.3, -0.25) is 4.79 Å². The van der Waals surface area contributed by atoms with Crippen LogP contribution in [0.4, 0.5) is 0 Å². The average molecular weight is 267 g/mol. The second-order valence-corrected chi connectivity index (χ2v) is 5.81. The maximum Gasteiger partial charge on any atom is 0.270 e. The molecule has 100 valence electrons. The van der Waals surface area contributed by atoms with E-state index in [2.05, 4.69) is 17.2 Å². The SMILES string of the molecule is CCC1CCCCC1NC(=O)c1csc(CN)n1. The molecule has 0 spiro atoms. The Labute approximate surface area is 112 Å². The second-order valence-electron chi connectivity index (χ2n) is 4.86. The van der Waals surface area contributed by atoms with Gasteiger partial charge < -0.3 is 11.1 Å². The lowest BCUT2D eigenvalue weighted by atomic mass is 9.83. The largest absolute Gasteiger partial charge is 0.348 e.